The normalized spacial score (nSPS) is 12.6. The fourth-order valence-electron chi connectivity index (χ4n) is 7.82. The second kappa shape index (κ2) is 13.3. The molecule has 0 bridgehead atoms. The summed E-state index contributed by atoms with van der Waals surface area (Å²) in [5.41, 5.74) is 8.44. The number of hydrogen-bond acceptors (Lipinski definition) is 4. The van der Waals surface area contributed by atoms with Crippen LogP contribution in [0.2, 0.25) is 0 Å². The highest BCUT2D eigenvalue weighted by molar-refractivity contribution is 7.25. The van der Waals surface area contributed by atoms with Crippen LogP contribution in [0.5, 0.6) is 0 Å². The predicted molar refractivity (Wildman–Crippen MR) is 234 cm³/mol. The number of nitrogens with zero attached hydrogens (tertiary/aromatic N) is 4. The summed E-state index contributed by atoms with van der Waals surface area (Å²) >= 11 is 1.76. The minimum atomic E-state index is -0.278. The van der Waals surface area contributed by atoms with Crippen molar-refractivity contribution in [2.75, 3.05) is 0 Å². The van der Waals surface area contributed by atoms with Gasteiger partial charge in [-0.1, -0.05) is 146 Å². The first-order valence-electron chi connectivity index (χ1n) is 20.5. The monoisotopic (exact) mass is 736 g/mol. The first kappa shape index (κ1) is 28.3. The van der Waals surface area contributed by atoms with Gasteiger partial charge in [0.15, 0.2) is 17.5 Å². The summed E-state index contributed by atoms with van der Waals surface area (Å²) in [6.07, 6.45) is 0. The molecule has 4 nitrogen and oxygen atoms in total. The van der Waals surface area contributed by atoms with Gasteiger partial charge in [-0.2, -0.15) is 0 Å². The van der Waals surface area contributed by atoms with Gasteiger partial charge in [-0.15, -0.1) is 11.3 Å². The molecule has 11 aromatic rings. The fraction of sp³-hybridized carbons (Fsp3) is 0. The lowest BCUT2D eigenvalue weighted by Gasteiger charge is -2.13. The fourth-order valence-corrected chi connectivity index (χ4v) is 8.96. The standard InChI is InChI=1S/C51H32N4S/c1-3-14-33(15-4-1)38-18-7-8-19-39(38)42-22-13-24-45-48(42)43-21-9-11-23-44(43)55(45)37-29-26-35(27-30-37)50-52-49(34-16-5-2-6-17-34)53-51(54-50)36-28-31-41-40-20-10-12-25-46(40)56-47(41)32-36/h1-32H/i9D,11D,21D,23D. The Balaban J connectivity index is 1.09. The van der Waals surface area contributed by atoms with Crippen LogP contribution in [-0.2, 0) is 0 Å². The molecule has 0 aliphatic carbocycles. The van der Waals surface area contributed by atoms with Crippen molar-refractivity contribution in [1.82, 2.24) is 19.5 Å². The third-order valence-electron chi connectivity index (χ3n) is 10.4. The van der Waals surface area contributed by atoms with Crippen LogP contribution in [0, 0.1) is 0 Å². The lowest BCUT2D eigenvalue weighted by Crippen LogP contribution is -2.00. The van der Waals surface area contributed by atoms with E-state index in [9.17, 15) is 2.74 Å². The number of thiophene rings is 1. The van der Waals surface area contributed by atoms with Crippen molar-refractivity contribution < 1.29 is 5.48 Å². The second-order valence-electron chi connectivity index (χ2n) is 13.7. The Labute approximate surface area is 333 Å². The zero-order chi connectivity index (χ0) is 40.5. The molecule has 3 heterocycles. The Morgan fingerprint density at radius 1 is 0.411 bits per heavy atom. The molecular formula is C51H32N4S. The van der Waals surface area contributed by atoms with E-state index in [1.54, 1.807) is 11.3 Å². The zero-order valence-electron chi connectivity index (χ0n) is 33.9. The quantitative estimate of drug-likeness (QED) is 0.171. The number of hydrogen-bond donors (Lipinski definition) is 0. The maximum absolute atomic E-state index is 9.24. The largest absolute Gasteiger partial charge is 0.309 e. The molecule has 56 heavy (non-hydrogen) atoms. The smallest absolute Gasteiger partial charge is 0.164 e. The van der Waals surface area contributed by atoms with Crippen molar-refractivity contribution in [3.8, 4) is 62.1 Å². The van der Waals surface area contributed by atoms with E-state index >= 15 is 0 Å². The minimum Gasteiger partial charge on any atom is -0.309 e. The molecule has 0 saturated carbocycles. The molecule has 0 aliphatic rings. The van der Waals surface area contributed by atoms with Crippen molar-refractivity contribution in [1.29, 1.82) is 0 Å². The highest BCUT2D eigenvalue weighted by Crippen LogP contribution is 2.42. The van der Waals surface area contributed by atoms with Crippen molar-refractivity contribution in [3.05, 3.63) is 194 Å². The molecular weight excluding hydrogens is 701 g/mol. The lowest BCUT2D eigenvalue weighted by molar-refractivity contribution is 1.07. The minimum absolute atomic E-state index is 0.0731. The van der Waals surface area contributed by atoms with Gasteiger partial charge in [-0.3, -0.25) is 0 Å². The van der Waals surface area contributed by atoms with Crippen molar-refractivity contribution >= 4 is 53.3 Å². The van der Waals surface area contributed by atoms with E-state index in [2.05, 4.69) is 66.7 Å². The first-order chi connectivity index (χ1) is 29.4. The molecule has 0 aliphatic heterocycles. The van der Waals surface area contributed by atoms with Gasteiger partial charge in [0, 0.05) is 53.3 Å². The predicted octanol–water partition coefficient (Wildman–Crippen LogP) is 13.7. The average Bonchev–Trinajstić information content (AvgIpc) is 3.87. The Morgan fingerprint density at radius 3 is 1.79 bits per heavy atom. The van der Waals surface area contributed by atoms with Crippen molar-refractivity contribution in [3.63, 3.8) is 0 Å². The Bertz CT molecular complexity index is 3470. The van der Waals surface area contributed by atoms with Crippen LogP contribution in [0.25, 0.3) is 104 Å². The molecule has 0 saturated heterocycles. The van der Waals surface area contributed by atoms with Gasteiger partial charge in [0.05, 0.1) is 16.5 Å². The molecule has 0 atom stereocenters. The number of aromatic nitrogens is 4. The van der Waals surface area contributed by atoms with Crippen LogP contribution in [0.3, 0.4) is 0 Å². The van der Waals surface area contributed by atoms with Gasteiger partial charge >= 0.3 is 0 Å². The van der Waals surface area contributed by atoms with Crippen molar-refractivity contribution in [2.24, 2.45) is 0 Å². The molecule has 0 N–H and O–H groups in total. The molecule has 0 unspecified atom stereocenters. The lowest BCUT2D eigenvalue weighted by atomic mass is 9.92. The molecule has 11 rings (SSSR count). The van der Waals surface area contributed by atoms with E-state index in [1.807, 2.05) is 108 Å². The van der Waals surface area contributed by atoms with E-state index in [1.165, 1.54) is 15.5 Å². The molecule has 3 aromatic heterocycles. The Kier molecular flexibility index (Phi) is 6.70. The Hall–Kier alpha value is -7.21. The molecule has 262 valence electrons. The molecule has 0 spiro atoms. The highest BCUT2D eigenvalue weighted by atomic mass is 32.1. The van der Waals surface area contributed by atoms with Crippen LogP contribution in [-0.4, -0.2) is 19.5 Å². The maximum atomic E-state index is 9.24. The van der Waals surface area contributed by atoms with E-state index < -0.39 is 0 Å². The van der Waals surface area contributed by atoms with Crippen LogP contribution in [0.4, 0.5) is 0 Å². The number of benzene rings is 8. The molecule has 8 aromatic carbocycles. The van der Waals surface area contributed by atoms with Gasteiger partial charge in [-0.25, -0.2) is 15.0 Å². The molecule has 0 fully saturated rings. The van der Waals surface area contributed by atoms with Gasteiger partial charge < -0.3 is 4.57 Å². The topological polar surface area (TPSA) is 43.6 Å². The summed E-state index contributed by atoms with van der Waals surface area (Å²) in [6.45, 7) is 0. The van der Waals surface area contributed by atoms with Crippen LogP contribution < -0.4 is 0 Å². The third-order valence-corrected chi connectivity index (χ3v) is 11.5. The highest BCUT2D eigenvalue weighted by Gasteiger charge is 2.19. The third kappa shape index (κ3) is 5.40. The van der Waals surface area contributed by atoms with E-state index in [0.29, 0.717) is 28.4 Å². The van der Waals surface area contributed by atoms with Crippen LogP contribution in [0.15, 0.2) is 194 Å². The summed E-state index contributed by atoms with van der Waals surface area (Å²) in [5, 5.41) is 3.67. The number of para-hydroxylation sites is 1. The number of fused-ring (bicyclic) bond motifs is 6. The van der Waals surface area contributed by atoms with E-state index in [4.69, 9.17) is 17.7 Å². The Morgan fingerprint density at radius 2 is 1.00 bits per heavy atom. The first-order valence-corrected chi connectivity index (χ1v) is 19.3. The van der Waals surface area contributed by atoms with Gasteiger partial charge in [0.25, 0.3) is 0 Å². The second-order valence-corrected chi connectivity index (χ2v) is 14.8. The van der Waals surface area contributed by atoms with Crippen molar-refractivity contribution in [2.45, 2.75) is 0 Å². The van der Waals surface area contributed by atoms with Gasteiger partial charge in [0.1, 0.15) is 0 Å². The van der Waals surface area contributed by atoms with Gasteiger partial charge in [0.2, 0.25) is 0 Å². The van der Waals surface area contributed by atoms with Crippen LogP contribution >= 0.6 is 11.3 Å². The van der Waals surface area contributed by atoms with E-state index in [-0.39, 0.29) is 24.2 Å². The van der Waals surface area contributed by atoms with Gasteiger partial charge in [-0.05, 0) is 70.8 Å². The zero-order valence-corrected chi connectivity index (χ0v) is 30.7. The molecule has 0 amide bonds. The molecule has 5 heteroatoms. The SMILES string of the molecule is [2H]c1c([2H])c([2H])c2c(c1[2H])c1c(-c3ccccc3-c3ccccc3)cccc1n2-c1ccc(-c2nc(-c3ccccc3)nc(-c3ccc4c(c3)sc3ccccc34)n2)cc1. The number of rotatable bonds is 6. The summed E-state index contributed by atoms with van der Waals surface area (Å²) in [4.78, 5) is 15.0. The summed E-state index contributed by atoms with van der Waals surface area (Å²) in [5.74, 6) is 1.66. The van der Waals surface area contributed by atoms with E-state index in [0.717, 1.165) is 60.2 Å². The maximum Gasteiger partial charge on any atom is 0.164 e. The summed E-state index contributed by atoms with van der Waals surface area (Å²) in [7, 11) is 0. The molecule has 0 radical (unpaired) electrons. The summed E-state index contributed by atoms with van der Waals surface area (Å²) < 4.78 is 40.3. The van der Waals surface area contributed by atoms with Crippen LogP contribution in [0.1, 0.15) is 5.48 Å². The summed E-state index contributed by atoms with van der Waals surface area (Å²) in [6, 6.07) is 56.3. The average molecular weight is 737 g/mol.